The van der Waals surface area contributed by atoms with Gasteiger partial charge in [0.25, 0.3) is 5.91 Å². The van der Waals surface area contributed by atoms with E-state index in [9.17, 15) is 9.18 Å². The fourth-order valence-corrected chi connectivity index (χ4v) is 3.82. The highest BCUT2D eigenvalue weighted by Crippen LogP contribution is 2.29. The minimum absolute atomic E-state index is 0.0438. The van der Waals surface area contributed by atoms with E-state index in [1.54, 1.807) is 29.2 Å². The smallest absolute Gasteiger partial charge is 0.272 e. The molecule has 3 heterocycles. The first-order chi connectivity index (χ1) is 13.7. The number of hydrogen-bond acceptors (Lipinski definition) is 4. The number of para-hydroxylation sites is 3. The molecule has 1 unspecified atom stereocenters. The maximum atomic E-state index is 14.0. The van der Waals surface area contributed by atoms with E-state index in [0.717, 1.165) is 23.9 Å². The third-order valence-electron chi connectivity index (χ3n) is 5.26. The number of pyridine rings is 1. The topological polar surface area (TPSA) is 59.2 Å². The lowest BCUT2D eigenvalue weighted by Crippen LogP contribution is -2.39. The first-order valence-electron chi connectivity index (χ1n) is 9.39. The van der Waals surface area contributed by atoms with E-state index in [1.165, 1.54) is 6.07 Å². The molecule has 0 N–H and O–H groups in total. The van der Waals surface area contributed by atoms with Crippen LogP contribution in [0.15, 0.2) is 59.0 Å². The van der Waals surface area contributed by atoms with Crippen molar-refractivity contribution in [2.75, 3.05) is 13.1 Å². The number of oxazole rings is 1. The molecule has 0 spiro atoms. The van der Waals surface area contributed by atoms with Crippen molar-refractivity contribution in [2.24, 2.45) is 0 Å². The highest BCUT2D eigenvalue weighted by Gasteiger charge is 2.29. The number of benzene rings is 2. The van der Waals surface area contributed by atoms with Gasteiger partial charge in [-0.3, -0.25) is 4.79 Å². The zero-order chi connectivity index (χ0) is 19.1. The van der Waals surface area contributed by atoms with Gasteiger partial charge in [0.2, 0.25) is 0 Å². The van der Waals surface area contributed by atoms with Gasteiger partial charge in [-0.05, 0) is 37.1 Å². The summed E-state index contributed by atoms with van der Waals surface area (Å²) in [7, 11) is 0. The molecule has 4 aromatic rings. The second-order valence-electron chi connectivity index (χ2n) is 7.12. The van der Waals surface area contributed by atoms with Crippen LogP contribution < -0.4 is 0 Å². The van der Waals surface area contributed by atoms with Gasteiger partial charge in [0.05, 0.1) is 5.92 Å². The summed E-state index contributed by atoms with van der Waals surface area (Å²) in [5.74, 6) is 0.0969. The number of carbonyl (C=O) groups is 1. The van der Waals surface area contributed by atoms with Gasteiger partial charge in [-0.15, -0.1) is 0 Å². The second kappa shape index (κ2) is 6.71. The summed E-state index contributed by atoms with van der Waals surface area (Å²) in [6.45, 7) is 1.16. The van der Waals surface area contributed by atoms with Crippen molar-refractivity contribution in [1.82, 2.24) is 14.9 Å². The van der Waals surface area contributed by atoms with Crippen LogP contribution in [0.3, 0.4) is 0 Å². The van der Waals surface area contributed by atoms with Crippen LogP contribution in [0.5, 0.6) is 0 Å². The lowest BCUT2D eigenvalue weighted by molar-refractivity contribution is 0.0693. The van der Waals surface area contributed by atoms with E-state index < -0.39 is 5.82 Å². The van der Waals surface area contributed by atoms with Gasteiger partial charge in [-0.2, -0.15) is 0 Å². The van der Waals surface area contributed by atoms with E-state index in [1.807, 2.05) is 24.3 Å². The van der Waals surface area contributed by atoms with Gasteiger partial charge in [0, 0.05) is 18.5 Å². The fraction of sp³-hybridized carbons (Fsp3) is 0.227. The molecule has 5 rings (SSSR count). The van der Waals surface area contributed by atoms with Crippen molar-refractivity contribution >= 4 is 27.9 Å². The van der Waals surface area contributed by atoms with Gasteiger partial charge in [0.15, 0.2) is 11.5 Å². The molecule has 6 heteroatoms. The third-order valence-corrected chi connectivity index (χ3v) is 5.26. The molecule has 0 bridgehead atoms. The van der Waals surface area contributed by atoms with Crippen LogP contribution in [0.1, 0.15) is 35.1 Å². The molecule has 1 aliphatic rings. The summed E-state index contributed by atoms with van der Waals surface area (Å²) in [5.41, 5.74) is 2.07. The average Bonchev–Trinajstić information content (AvgIpc) is 3.18. The molecule has 0 aliphatic carbocycles. The van der Waals surface area contributed by atoms with Crippen molar-refractivity contribution in [1.29, 1.82) is 0 Å². The number of piperidine rings is 1. The molecular formula is C22H18FN3O2. The molecule has 1 amide bonds. The summed E-state index contributed by atoms with van der Waals surface area (Å²) in [5, 5.41) is 0.680. The quantitative estimate of drug-likeness (QED) is 0.516. The predicted molar refractivity (Wildman–Crippen MR) is 104 cm³/mol. The molecule has 5 nitrogen and oxygen atoms in total. The number of amides is 1. The molecule has 0 saturated carbocycles. The monoisotopic (exact) mass is 375 g/mol. The Labute approximate surface area is 160 Å². The summed E-state index contributed by atoms with van der Waals surface area (Å²) in [6, 6.07) is 15.8. The molecule has 140 valence electrons. The Balaban J connectivity index is 1.41. The van der Waals surface area contributed by atoms with Crippen LogP contribution in [0.4, 0.5) is 4.39 Å². The Kier molecular flexibility index (Phi) is 4.04. The number of likely N-dealkylation sites (tertiary alicyclic amines) is 1. The number of aromatic nitrogens is 2. The molecule has 2 aromatic carbocycles. The molecule has 0 radical (unpaired) electrons. The standard InChI is InChI=1S/C22H18FN3O2/c23-16-7-3-5-14-10-11-18(24-20(14)16)22(27)26-12-4-6-15(13-26)21-25-17-8-1-2-9-19(17)28-21/h1-3,5,7-11,15H,4,6,12-13H2. The number of fused-ring (bicyclic) bond motifs is 2. The number of carbonyl (C=O) groups excluding carboxylic acids is 1. The molecule has 1 aliphatic heterocycles. The van der Waals surface area contributed by atoms with Crippen molar-refractivity contribution in [3.8, 4) is 0 Å². The largest absolute Gasteiger partial charge is 0.440 e. The maximum Gasteiger partial charge on any atom is 0.272 e. The van der Waals surface area contributed by atoms with Crippen LogP contribution >= 0.6 is 0 Å². The summed E-state index contributed by atoms with van der Waals surface area (Å²) < 4.78 is 19.9. The van der Waals surface area contributed by atoms with Crippen LogP contribution in [-0.4, -0.2) is 33.9 Å². The van der Waals surface area contributed by atoms with E-state index >= 15 is 0 Å². The normalized spacial score (nSPS) is 17.3. The SMILES string of the molecule is O=C(c1ccc2cccc(F)c2n1)N1CCCC(c2nc3ccccc3o2)C1. The molecule has 2 aromatic heterocycles. The van der Waals surface area contributed by atoms with E-state index in [-0.39, 0.29) is 23.0 Å². The Morgan fingerprint density at radius 3 is 2.86 bits per heavy atom. The zero-order valence-electron chi connectivity index (χ0n) is 15.1. The van der Waals surface area contributed by atoms with Gasteiger partial charge >= 0.3 is 0 Å². The maximum absolute atomic E-state index is 14.0. The first-order valence-corrected chi connectivity index (χ1v) is 9.39. The molecule has 1 atom stereocenters. The second-order valence-corrected chi connectivity index (χ2v) is 7.12. The van der Waals surface area contributed by atoms with Crippen molar-refractivity contribution in [3.63, 3.8) is 0 Å². The highest BCUT2D eigenvalue weighted by molar-refractivity contribution is 5.95. The van der Waals surface area contributed by atoms with Crippen LogP contribution in [0, 0.1) is 5.82 Å². The average molecular weight is 375 g/mol. The number of hydrogen-bond donors (Lipinski definition) is 0. The van der Waals surface area contributed by atoms with Crippen LogP contribution in [0.2, 0.25) is 0 Å². The minimum atomic E-state index is -0.421. The number of rotatable bonds is 2. The van der Waals surface area contributed by atoms with Crippen molar-refractivity contribution in [3.05, 3.63) is 72.0 Å². The minimum Gasteiger partial charge on any atom is -0.440 e. The summed E-state index contributed by atoms with van der Waals surface area (Å²) >= 11 is 0. The number of nitrogens with zero attached hydrogens (tertiary/aromatic N) is 3. The Bertz CT molecular complexity index is 1150. The van der Waals surface area contributed by atoms with Gasteiger partial charge < -0.3 is 9.32 Å². The number of halogens is 1. The molecule has 1 fully saturated rings. The summed E-state index contributed by atoms with van der Waals surface area (Å²) in [4.78, 5) is 23.6. The van der Waals surface area contributed by atoms with Crippen molar-refractivity contribution in [2.45, 2.75) is 18.8 Å². The fourth-order valence-electron chi connectivity index (χ4n) is 3.82. The lowest BCUT2D eigenvalue weighted by atomic mass is 9.97. The molecule has 28 heavy (non-hydrogen) atoms. The highest BCUT2D eigenvalue weighted by atomic mass is 19.1. The first kappa shape index (κ1) is 16.9. The molecular weight excluding hydrogens is 357 g/mol. The van der Waals surface area contributed by atoms with E-state index in [4.69, 9.17) is 4.42 Å². The summed E-state index contributed by atoms with van der Waals surface area (Å²) in [6.07, 6.45) is 1.77. The Morgan fingerprint density at radius 2 is 1.96 bits per heavy atom. The Hall–Kier alpha value is -3.28. The van der Waals surface area contributed by atoms with Gasteiger partial charge in [-0.1, -0.05) is 30.3 Å². The van der Waals surface area contributed by atoms with Crippen molar-refractivity contribution < 1.29 is 13.6 Å². The van der Waals surface area contributed by atoms with E-state index in [2.05, 4.69) is 9.97 Å². The Morgan fingerprint density at radius 1 is 1.07 bits per heavy atom. The van der Waals surface area contributed by atoms with Gasteiger partial charge in [0.1, 0.15) is 22.5 Å². The zero-order valence-corrected chi connectivity index (χ0v) is 15.1. The molecule has 1 saturated heterocycles. The van der Waals surface area contributed by atoms with Gasteiger partial charge in [-0.25, -0.2) is 14.4 Å². The van der Waals surface area contributed by atoms with Crippen LogP contribution in [-0.2, 0) is 0 Å². The third kappa shape index (κ3) is 2.91. The lowest BCUT2D eigenvalue weighted by Gasteiger charge is -2.31. The predicted octanol–water partition coefficient (Wildman–Crippen LogP) is 4.53. The van der Waals surface area contributed by atoms with Crippen LogP contribution in [0.25, 0.3) is 22.0 Å². The van der Waals surface area contributed by atoms with E-state index in [0.29, 0.717) is 24.4 Å².